The van der Waals surface area contributed by atoms with Crippen LogP contribution in [0.1, 0.15) is 6.92 Å². The summed E-state index contributed by atoms with van der Waals surface area (Å²) < 4.78 is 0. The highest BCUT2D eigenvalue weighted by molar-refractivity contribution is 6.46. The van der Waals surface area contributed by atoms with Crippen LogP contribution in [0.3, 0.4) is 0 Å². The van der Waals surface area contributed by atoms with Crippen molar-refractivity contribution < 1.29 is 14.8 Å². The van der Waals surface area contributed by atoms with Crippen LogP contribution in [0.5, 0.6) is 0 Å². The van der Waals surface area contributed by atoms with Crippen molar-refractivity contribution in [3.63, 3.8) is 0 Å². The minimum absolute atomic E-state index is 0.0289. The molecule has 1 aliphatic rings. The van der Waals surface area contributed by atoms with Crippen LogP contribution in [0.15, 0.2) is 0 Å². The maximum absolute atomic E-state index is 11.4. The van der Waals surface area contributed by atoms with Gasteiger partial charge in [0.15, 0.2) is 0 Å². The van der Waals surface area contributed by atoms with E-state index in [0.29, 0.717) is 19.6 Å². The largest absolute Gasteiger partial charge is 0.437 e. The van der Waals surface area contributed by atoms with Crippen molar-refractivity contribution in [1.82, 2.24) is 9.62 Å². The minimum Gasteiger partial charge on any atom is -0.437 e. The highest BCUT2D eigenvalue weighted by Crippen LogP contribution is 2.12. The third-order valence-corrected chi connectivity index (χ3v) is 2.93. The fraction of sp³-hybridized carbons (Fsp3) is 0.875. The van der Waals surface area contributed by atoms with E-state index < -0.39 is 14.1 Å². The second kappa shape index (κ2) is 5.12. The summed E-state index contributed by atoms with van der Waals surface area (Å²) >= 11 is 0. The Labute approximate surface area is 91.3 Å². The smallest absolute Gasteiger partial charge is 0.377 e. The van der Waals surface area contributed by atoms with E-state index in [1.165, 1.54) is 6.92 Å². The van der Waals surface area contributed by atoms with E-state index >= 15 is 0 Å². The zero-order chi connectivity index (χ0) is 11.6. The lowest BCUT2D eigenvalue weighted by Gasteiger charge is -2.41. The van der Waals surface area contributed by atoms with Crippen molar-refractivity contribution in [2.24, 2.45) is 0 Å². The van der Waals surface area contributed by atoms with Gasteiger partial charge >= 0.3 is 14.1 Å². The molecule has 0 saturated carbocycles. The van der Waals surface area contributed by atoms with Crippen LogP contribution in [0.4, 0.5) is 0 Å². The third-order valence-electron chi connectivity index (χ3n) is 2.93. The molecule has 0 radical (unpaired) electrons. The summed E-state index contributed by atoms with van der Waals surface area (Å²) in [6, 6.07) is -0.312. The number of rotatable bonds is 3. The summed E-state index contributed by atoms with van der Waals surface area (Å²) in [4.78, 5) is 15.0. The van der Waals surface area contributed by atoms with Gasteiger partial charge in [0.1, 0.15) is 5.78 Å². The number of hydrogen-bond donors (Lipinski definition) is 2. The minimum atomic E-state index is -0.616. The highest BCUT2D eigenvalue weighted by atomic mass is 16.2. The van der Waals surface area contributed by atoms with Crippen LogP contribution in [0, 0.1) is 0 Å². The molecule has 15 heavy (non-hydrogen) atoms. The van der Waals surface area contributed by atoms with E-state index in [4.69, 9.17) is 0 Å². The Morgan fingerprint density at radius 2 is 1.87 bits per heavy atom. The van der Waals surface area contributed by atoms with E-state index in [0.717, 1.165) is 0 Å². The van der Waals surface area contributed by atoms with E-state index in [2.05, 4.69) is 0 Å². The van der Waals surface area contributed by atoms with Gasteiger partial charge in [0, 0.05) is 19.6 Å². The van der Waals surface area contributed by atoms with Gasteiger partial charge in [0.2, 0.25) is 0 Å². The van der Waals surface area contributed by atoms with Gasteiger partial charge in [-0.3, -0.25) is 4.79 Å². The molecule has 1 aliphatic heterocycles. The number of Topliss-reactive ketones (excluding diaryl/α,β-unsaturated/α-hetero) is 1. The first-order chi connectivity index (χ1) is 6.93. The van der Waals surface area contributed by atoms with Gasteiger partial charge in [0.25, 0.3) is 0 Å². The fourth-order valence-corrected chi connectivity index (χ4v) is 1.97. The standard InChI is InChI=1S/C8H18B2N2O3/c1-7(13)8-6-11(9(2)14)4-5-12(8)10(3)15/h8,14-15H,4-6H2,1-3H3/t8-/m1/s1. The number of piperazine rings is 1. The zero-order valence-electron chi connectivity index (χ0n) is 9.55. The predicted molar refractivity (Wildman–Crippen MR) is 60.4 cm³/mol. The molecule has 0 aliphatic carbocycles. The maximum Gasteiger partial charge on any atom is 0.377 e. The SMILES string of the molecule is CB(O)N1CCN(B(C)O)[C@@H](C(C)=O)C1. The van der Waals surface area contributed by atoms with Crippen LogP contribution in [-0.4, -0.2) is 65.2 Å². The van der Waals surface area contributed by atoms with Gasteiger partial charge in [-0.1, -0.05) is 0 Å². The molecule has 0 aromatic rings. The second-order valence-electron chi connectivity index (χ2n) is 4.12. The normalized spacial score (nSPS) is 23.9. The molecular formula is C8H18B2N2O3. The number of ketones is 1. The summed E-state index contributed by atoms with van der Waals surface area (Å²) in [6.07, 6.45) is 0. The first-order valence-electron chi connectivity index (χ1n) is 5.30. The van der Waals surface area contributed by atoms with Crippen LogP contribution >= 0.6 is 0 Å². The van der Waals surface area contributed by atoms with Gasteiger partial charge < -0.3 is 19.7 Å². The van der Waals surface area contributed by atoms with E-state index in [1.807, 2.05) is 4.81 Å². The molecule has 0 bridgehead atoms. The van der Waals surface area contributed by atoms with Gasteiger partial charge in [0.05, 0.1) is 6.04 Å². The molecule has 5 nitrogen and oxygen atoms in total. The Hall–Kier alpha value is -0.360. The highest BCUT2D eigenvalue weighted by Gasteiger charge is 2.35. The Morgan fingerprint density at radius 3 is 2.27 bits per heavy atom. The Balaban J connectivity index is 2.69. The Kier molecular flexibility index (Phi) is 4.33. The molecule has 1 fully saturated rings. The van der Waals surface area contributed by atoms with Crippen molar-refractivity contribution in [3.8, 4) is 0 Å². The summed E-state index contributed by atoms with van der Waals surface area (Å²) in [5.74, 6) is 0.0289. The Bertz CT molecular complexity index is 238. The number of carbonyl (C=O) groups is 1. The van der Waals surface area contributed by atoms with Crippen molar-refractivity contribution in [2.45, 2.75) is 26.6 Å². The molecule has 0 amide bonds. The molecule has 1 rings (SSSR count). The second-order valence-corrected chi connectivity index (χ2v) is 4.12. The third kappa shape index (κ3) is 3.04. The van der Waals surface area contributed by atoms with Crippen molar-refractivity contribution in [3.05, 3.63) is 0 Å². The lowest BCUT2D eigenvalue weighted by atomic mass is 9.77. The molecule has 0 aromatic carbocycles. The van der Waals surface area contributed by atoms with Crippen LogP contribution in [0.25, 0.3) is 0 Å². The van der Waals surface area contributed by atoms with Crippen molar-refractivity contribution in [2.75, 3.05) is 19.6 Å². The first kappa shape index (κ1) is 12.7. The molecule has 0 unspecified atom stereocenters. The molecule has 84 valence electrons. The van der Waals surface area contributed by atoms with Gasteiger partial charge in [-0.2, -0.15) is 0 Å². The Morgan fingerprint density at radius 1 is 1.27 bits per heavy atom. The van der Waals surface area contributed by atoms with Crippen molar-refractivity contribution >= 4 is 19.9 Å². The molecule has 1 heterocycles. The van der Waals surface area contributed by atoms with E-state index in [1.54, 1.807) is 18.5 Å². The summed E-state index contributed by atoms with van der Waals surface area (Å²) in [5.41, 5.74) is 0. The monoisotopic (exact) mass is 212 g/mol. The molecule has 0 aromatic heterocycles. The van der Waals surface area contributed by atoms with Crippen LogP contribution in [-0.2, 0) is 4.79 Å². The summed E-state index contributed by atoms with van der Waals surface area (Å²) in [5, 5.41) is 18.9. The maximum atomic E-state index is 11.4. The zero-order valence-corrected chi connectivity index (χ0v) is 9.55. The summed E-state index contributed by atoms with van der Waals surface area (Å²) in [6.45, 7) is 6.63. The number of carbonyl (C=O) groups excluding carboxylic acids is 1. The number of nitrogens with zero attached hydrogens (tertiary/aromatic N) is 2. The van der Waals surface area contributed by atoms with Crippen LogP contribution < -0.4 is 0 Å². The first-order valence-corrected chi connectivity index (χ1v) is 5.30. The van der Waals surface area contributed by atoms with Gasteiger partial charge in [-0.05, 0) is 20.6 Å². The van der Waals surface area contributed by atoms with Crippen molar-refractivity contribution in [1.29, 1.82) is 0 Å². The molecule has 2 N–H and O–H groups in total. The average Bonchev–Trinajstić information content (AvgIpc) is 2.16. The lowest BCUT2D eigenvalue weighted by molar-refractivity contribution is -0.122. The van der Waals surface area contributed by atoms with E-state index in [9.17, 15) is 14.8 Å². The quantitative estimate of drug-likeness (QED) is 0.574. The molecule has 7 heteroatoms. The fourth-order valence-electron chi connectivity index (χ4n) is 1.97. The van der Waals surface area contributed by atoms with E-state index in [-0.39, 0.29) is 11.8 Å². The molecule has 1 atom stereocenters. The topological polar surface area (TPSA) is 64.0 Å². The van der Waals surface area contributed by atoms with Crippen LogP contribution in [0.2, 0.25) is 13.6 Å². The molecule has 1 saturated heterocycles. The molecule has 0 spiro atoms. The summed E-state index contributed by atoms with van der Waals surface area (Å²) in [7, 11) is -1.15. The average molecular weight is 212 g/mol. The van der Waals surface area contributed by atoms with Gasteiger partial charge in [-0.15, -0.1) is 0 Å². The lowest BCUT2D eigenvalue weighted by Crippen LogP contribution is -2.62. The predicted octanol–water partition coefficient (Wildman–Crippen LogP) is -1.22. The number of hydrogen-bond acceptors (Lipinski definition) is 5. The molecular weight excluding hydrogens is 194 g/mol. The van der Waals surface area contributed by atoms with Gasteiger partial charge in [-0.25, -0.2) is 0 Å².